The molecule has 0 aliphatic rings. The van der Waals surface area contributed by atoms with Gasteiger partial charge in [0.1, 0.15) is 12.6 Å². The first kappa shape index (κ1) is 17.7. The summed E-state index contributed by atoms with van der Waals surface area (Å²) < 4.78 is 0. The third-order valence-electron chi connectivity index (χ3n) is 3.73. The molecule has 3 atom stereocenters. The van der Waals surface area contributed by atoms with E-state index in [1.54, 1.807) is 0 Å². The molecule has 0 aromatic heterocycles. The largest absolute Gasteiger partial charge is 0.303 e. The maximum Gasteiger partial charge on any atom is 0.201 e. The van der Waals surface area contributed by atoms with Gasteiger partial charge in [0.15, 0.2) is 5.78 Å². The van der Waals surface area contributed by atoms with Gasteiger partial charge in [-0.25, -0.2) is 0 Å². The maximum absolute atomic E-state index is 12.1. The predicted molar refractivity (Wildman–Crippen MR) is 72.7 cm³/mol. The lowest BCUT2D eigenvalue weighted by atomic mass is 9.75. The Morgan fingerprint density at radius 3 is 2.00 bits per heavy atom. The van der Waals surface area contributed by atoms with Crippen molar-refractivity contribution < 1.29 is 19.2 Å². The molecule has 0 aliphatic heterocycles. The fraction of sp³-hybridized carbons (Fsp3) is 0.733. The summed E-state index contributed by atoms with van der Waals surface area (Å²) >= 11 is 0. The summed E-state index contributed by atoms with van der Waals surface area (Å²) in [5.41, 5.74) is 0. The Balaban J connectivity index is 4.94. The Hall–Kier alpha value is -1.32. The van der Waals surface area contributed by atoms with E-state index in [0.29, 0.717) is 25.5 Å². The van der Waals surface area contributed by atoms with E-state index in [-0.39, 0.29) is 24.7 Å². The molecule has 4 heteroatoms. The molecule has 0 N–H and O–H groups in total. The van der Waals surface area contributed by atoms with Crippen molar-refractivity contribution in [1.82, 2.24) is 0 Å². The van der Waals surface area contributed by atoms with Crippen LogP contribution in [0.15, 0.2) is 0 Å². The second-order valence-electron chi connectivity index (χ2n) is 4.79. The maximum atomic E-state index is 12.1. The van der Waals surface area contributed by atoms with Gasteiger partial charge in [0.05, 0.1) is 0 Å². The molecule has 3 unspecified atom stereocenters. The average Bonchev–Trinajstić information content (AvgIpc) is 2.44. The van der Waals surface area contributed by atoms with Gasteiger partial charge in [-0.15, -0.1) is 0 Å². The molecule has 0 saturated heterocycles. The molecule has 0 aromatic carbocycles. The minimum atomic E-state index is -0.488. The van der Waals surface area contributed by atoms with Crippen LogP contribution >= 0.6 is 0 Å². The van der Waals surface area contributed by atoms with Gasteiger partial charge in [0, 0.05) is 24.7 Å². The normalized spacial score (nSPS) is 15.3. The van der Waals surface area contributed by atoms with Crippen molar-refractivity contribution in [2.75, 3.05) is 0 Å². The predicted octanol–water partition coefficient (Wildman–Crippen LogP) is 2.38. The molecule has 0 bridgehead atoms. The minimum Gasteiger partial charge on any atom is -0.303 e. The van der Waals surface area contributed by atoms with Gasteiger partial charge in [0.25, 0.3) is 0 Å². The number of hydrogen-bond donors (Lipinski definition) is 0. The van der Waals surface area contributed by atoms with Crippen LogP contribution in [0.1, 0.15) is 52.9 Å². The van der Waals surface area contributed by atoms with Gasteiger partial charge in [-0.05, 0) is 18.8 Å². The number of aldehydes is 2. The lowest BCUT2D eigenvalue weighted by molar-refractivity contribution is -0.141. The van der Waals surface area contributed by atoms with E-state index in [4.69, 9.17) is 0 Å². The Morgan fingerprint density at radius 1 is 1.00 bits per heavy atom. The Bertz CT molecular complexity index is 322. The molecule has 0 saturated carbocycles. The van der Waals surface area contributed by atoms with Gasteiger partial charge < -0.3 is 9.59 Å². The number of carbonyl (C=O) groups is 4. The summed E-state index contributed by atoms with van der Waals surface area (Å²) in [5.74, 6) is -1.58. The van der Waals surface area contributed by atoms with E-state index >= 15 is 0 Å². The summed E-state index contributed by atoms with van der Waals surface area (Å²) in [7, 11) is 0. The number of carbonyl (C=O) groups excluding carboxylic acids is 4. The van der Waals surface area contributed by atoms with Crippen LogP contribution < -0.4 is 0 Å². The highest BCUT2D eigenvalue weighted by Crippen LogP contribution is 2.29. The van der Waals surface area contributed by atoms with Crippen molar-refractivity contribution in [3.05, 3.63) is 0 Å². The van der Waals surface area contributed by atoms with Crippen LogP contribution in [0.5, 0.6) is 0 Å². The first-order valence-electron chi connectivity index (χ1n) is 7.03. The number of rotatable bonds is 11. The second kappa shape index (κ2) is 9.59. The third-order valence-corrected chi connectivity index (χ3v) is 3.73. The van der Waals surface area contributed by atoms with Crippen LogP contribution in [0, 0.1) is 17.8 Å². The SMILES string of the molecule is CCC(C=O)C(CC)C(CC)C(=O)C(=O)CCC=O. The van der Waals surface area contributed by atoms with E-state index in [2.05, 4.69) is 0 Å². The second-order valence-corrected chi connectivity index (χ2v) is 4.79. The molecule has 0 fully saturated rings. The van der Waals surface area contributed by atoms with E-state index in [0.717, 1.165) is 6.29 Å². The summed E-state index contributed by atoms with van der Waals surface area (Å²) in [5, 5.41) is 0. The van der Waals surface area contributed by atoms with E-state index < -0.39 is 17.5 Å². The van der Waals surface area contributed by atoms with Gasteiger partial charge in [0.2, 0.25) is 5.78 Å². The summed E-state index contributed by atoms with van der Waals surface area (Å²) in [6.45, 7) is 5.70. The highest BCUT2D eigenvalue weighted by molar-refractivity contribution is 6.38. The zero-order valence-corrected chi connectivity index (χ0v) is 12.1. The monoisotopic (exact) mass is 268 g/mol. The zero-order chi connectivity index (χ0) is 14.8. The van der Waals surface area contributed by atoms with Crippen LogP contribution in [0.3, 0.4) is 0 Å². The van der Waals surface area contributed by atoms with Crippen LogP contribution in [0.25, 0.3) is 0 Å². The van der Waals surface area contributed by atoms with Gasteiger partial charge in [-0.1, -0.05) is 27.2 Å². The first-order valence-corrected chi connectivity index (χ1v) is 7.03. The van der Waals surface area contributed by atoms with Gasteiger partial charge in [-0.3, -0.25) is 9.59 Å². The van der Waals surface area contributed by atoms with Crippen molar-refractivity contribution >= 4 is 24.1 Å². The zero-order valence-electron chi connectivity index (χ0n) is 12.1. The van der Waals surface area contributed by atoms with Gasteiger partial charge >= 0.3 is 0 Å². The lowest BCUT2D eigenvalue weighted by Gasteiger charge is -2.27. The molecule has 0 aromatic rings. The molecular formula is C15H24O4. The summed E-state index contributed by atoms with van der Waals surface area (Å²) in [6.07, 6.45) is 3.52. The van der Waals surface area contributed by atoms with Crippen LogP contribution in [-0.2, 0) is 19.2 Å². The molecule has 19 heavy (non-hydrogen) atoms. The highest BCUT2D eigenvalue weighted by Gasteiger charge is 2.33. The number of hydrogen-bond acceptors (Lipinski definition) is 4. The van der Waals surface area contributed by atoms with Crippen molar-refractivity contribution in [3.8, 4) is 0 Å². The smallest absolute Gasteiger partial charge is 0.201 e. The first-order chi connectivity index (χ1) is 9.06. The van der Waals surface area contributed by atoms with Crippen molar-refractivity contribution in [1.29, 1.82) is 0 Å². The molecular weight excluding hydrogens is 244 g/mol. The summed E-state index contributed by atoms with van der Waals surface area (Å²) in [6, 6.07) is 0. The molecule has 0 rings (SSSR count). The van der Waals surface area contributed by atoms with Crippen molar-refractivity contribution in [3.63, 3.8) is 0 Å². The fourth-order valence-corrected chi connectivity index (χ4v) is 2.59. The van der Waals surface area contributed by atoms with Crippen LogP contribution in [0.2, 0.25) is 0 Å². The van der Waals surface area contributed by atoms with E-state index in [1.165, 1.54) is 0 Å². The topological polar surface area (TPSA) is 68.3 Å². The van der Waals surface area contributed by atoms with Crippen LogP contribution in [0.4, 0.5) is 0 Å². The van der Waals surface area contributed by atoms with E-state index in [1.807, 2.05) is 20.8 Å². The molecule has 4 nitrogen and oxygen atoms in total. The molecule has 0 spiro atoms. The van der Waals surface area contributed by atoms with Gasteiger partial charge in [-0.2, -0.15) is 0 Å². The molecule has 0 radical (unpaired) electrons. The highest BCUT2D eigenvalue weighted by atomic mass is 16.2. The van der Waals surface area contributed by atoms with Crippen molar-refractivity contribution in [2.24, 2.45) is 17.8 Å². The minimum absolute atomic E-state index is 0.0207. The Labute approximate surface area is 114 Å². The number of ketones is 2. The molecule has 108 valence electrons. The standard InChI is InChI=1S/C15H24O4/c1-4-11(10-17)12(5-2)13(6-3)15(19)14(18)8-7-9-16/h9-13H,4-8H2,1-3H3. The molecule has 0 heterocycles. The van der Waals surface area contributed by atoms with E-state index in [9.17, 15) is 19.2 Å². The third kappa shape index (κ3) is 5.05. The lowest BCUT2D eigenvalue weighted by Crippen LogP contribution is -2.33. The Morgan fingerprint density at radius 2 is 1.63 bits per heavy atom. The quantitative estimate of drug-likeness (QED) is 0.426. The molecule has 0 amide bonds. The van der Waals surface area contributed by atoms with Crippen LogP contribution in [-0.4, -0.2) is 24.1 Å². The molecule has 0 aliphatic carbocycles. The summed E-state index contributed by atoms with van der Waals surface area (Å²) in [4.78, 5) is 45.2. The van der Waals surface area contributed by atoms with Crippen molar-refractivity contribution in [2.45, 2.75) is 52.9 Å². The Kier molecular flexibility index (Phi) is 8.92. The fourth-order valence-electron chi connectivity index (χ4n) is 2.59. The average molecular weight is 268 g/mol. The number of Topliss-reactive ketones (excluding diaryl/α,β-unsaturated/α-hetero) is 2.